The van der Waals surface area contributed by atoms with Crippen LogP contribution in [0.5, 0.6) is 0 Å². The standard InChI is InChI=1S/C10H17N3O2/c1-8-5-11-10(12-6-8)13-9(3-4-14)7-15-2/h5-6,9,14H,3-4,7H2,1-2H3,(H,11,12,13). The normalized spacial score (nSPS) is 12.5. The van der Waals surface area contributed by atoms with Crippen LogP contribution in [0.3, 0.4) is 0 Å². The van der Waals surface area contributed by atoms with Gasteiger partial charge in [-0.3, -0.25) is 0 Å². The Morgan fingerprint density at radius 1 is 1.47 bits per heavy atom. The van der Waals surface area contributed by atoms with Crippen LogP contribution in [0.15, 0.2) is 12.4 Å². The lowest BCUT2D eigenvalue weighted by Crippen LogP contribution is -2.27. The molecule has 0 aliphatic rings. The smallest absolute Gasteiger partial charge is 0.222 e. The fourth-order valence-corrected chi connectivity index (χ4v) is 1.20. The zero-order valence-electron chi connectivity index (χ0n) is 9.10. The lowest BCUT2D eigenvalue weighted by Gasteiger charge is -2.16. The summed E-state index contributed by atoms with van der Waals surface area (Å²) in [6.07, 6.45) is 4.11. The third-order valence-corrected chi connectivity index (χ3v) is 1.96. The van der Waals surface area contributed by atoms with Gasteiger partial charge >= 0.3 is 0 Å². The molecule has 0 bridgehead atoms. The number of ether oxygens (including phenoxy) is 1. The van der Waals surface area contributed by atoms with Crippen LogP contribution in [0, 0.1) is 6.92 Å². The van der Waals surface area contributed by atoms with E-state index in [-0.39, 0.29) is 12.6 Å². The topological polar surface area (TPSA) is 67.3 Å². The number of aliphatic hydroxyl groups excluding tert-OH is 1. The number of hydrogen-bond donors (Lipinski definition) is 2. The molecular weight excluding hydrogens is 194 g/mol. The van der Waals surface area contributed by atoms with Gasteiger partial charge in [-0.1, -0.05) is 0 Å². The Balaban J connectivity index is 2.53. The monoisotopic (exact) mass is 211 g/mol. The van der Waals surface area contributed by atoms with Crippen LogP contribution >= 0.6 is 0 Å². The highest BCUT2D eigenvalue weighted by molar-refractivity contribution is 5.25. The van der Waals surface area contributed by atoms with E-state index in [9.17, 15) is 0 Å². The summed E-state index contributed by atoms with van der Waals surface area (Å²) in [5, 5.41) is 11.9. The maximum Gasteiger partial charge on any atom is 0.222 e. The molecule has 0 saturated heterocycles. The van der Waals surface area contributed by atoms with Gasteiger partial charge in [0.15, 0.2) is 0 Å². The van der Waals surface area contributed by atoms with Crippen LogP contribution in [-0.2, 0) is 4.74 Å². The van der Waals surface area contributed by atoms with Gasteiger partial charge in [0.05, 0.1) is 12.6 Å². The van der Waals surface area contributed by atoms with Crippen LogP contribution in [0.4, 0.5) is 5.95 Å². The number of aromatic nitrogens is 2. The number of anilines is 1. The van der Waals surface area contributed by atoms with Gasteiger partial charge in [-0.05, 0) is 18.9 Å². The molecule has 2 N–H and O–H groups in total. The lowest BCUT2D eigenvalue weighted by molar-refractivity contribution is 0.170. The number of nitrogens with one attached hydrogen (secondary N) is 1. The predicted octanol–water partition coefficient (Wildman–Crippen LogP) is 0.594. The van der Waals surface area contributed by atoms with Gasteiger partial charge in [0.2, 0.25) is 5.95 Å². The van der Waals surface area contributed by atoms with Crippen LogP contribution < -0.4 is 5.32 Å². The van der Waals surface area contributed by atoms with Gasteiger partial charge in [0.1, 0.15) is 0 Å². The molecule has 0 radical (unpaired) electrons. The van der Waals surface area contributed by atoms with Crippen molar-refractivity contribution >= 4 is 5.95 Å². The minimum Gasteiger partial charge on any atom is -0.396 e. The molecular formula is C10H17N3O2. The Morgan fingerprint density at radius 3 is 2.67 bits per heavy atom. The average molecular weight is 211 g/mol. The molecule has 1 aromatic rings. The number of aryl methyl sites for hydroxylation is 1. The zero-order chi connectivity index (χ0) is 11.1. The van der Waals surface area contributed by atoms with E-state index in [0.717, 1.165) is 5.56 Å². The highest BCUT2D eigenvalue weighted by Crippen LogP contribution is 2.03. The van der Waals surface area contributed by atoms with Crippen molar-refractivity contribution in [2.75, 3.05) is 25.6 Å². The summed E-state index contributed by atoms with van der Waals surface area (Å²) in [6, 6.07) is 0.0442. The minimum atomic E-state index is 0.0442. The van der Waals surface area contributed by atoms with Crippen molar-refractivity contribution in [2.24, 2.45) is 0 Å². The van der Waals surface area contributed by atoms with Crippen molar-refractivity contribution < 1.29 is 9.84 Å². The van der Waals surface area contributed by atoms with Crippen LogP contribution in [0.25, 0.3) is 0 Å². The summed E-state index contributed by atoms with van der Waals surface area (Å²) >= 11 is 0. The first-order valence-corrected chi connectivity index (χ1v) is 4.91. The summed E-state index contributed by atoms with van der Waals surface area (Å²) in [6.45, 7) is 2.58. The second kappa shape index (κ2) is 6.31. The molecule has 0 aliphatic heterocycles. The molecule has 5 heteroatoms. The third kappa shape index (κ3) is 4.22. The lowest BCUT2D eigenvalue weighted by atomic mass is 10.2. The quantitative estimate of drug-likeness (QED) is 0.721. The summed E-state index contributed by atoms with van der Waals surface area (Å²) in [5.41, 5.74) is 1.02. The van der Waals surface area contributed by atoms with Crippen molar-refractivity contribution in [1.82, 2.24) is 9.97 Å². The summed E-state index contributed by atoms with van der Waals surface area (Å²) in [4.78, 5) is 8.25. The van der Waals surface area contributed by atoms with E-state index in [4.69, 9.17) is 9.84 Å². The molecule has 1 unspecified atom stereocenters. The number of aliphatic hydroxyl groups is 1. The number of nitrogens with zero attached hydrogens (tertiary/aromatic N) is 2. The van der Waals surface area contributed by atoms with E-state index in [1.54, 1.807) is 19.5 Å². The molecule has 1 atom stereocenters. The van der Waals surface area contributed by atoms with Gasteiger partial charge in [-0.25, -0.2) is 9.97 Å². The first-order valence-electron chi connectivity index (χ1n) is 4.91. The van der Waals surface area contributed by atoms with Crippen LogP contribution in [-0.4, -0.2) is 41.4 Å². The summed E-state index contributed by atoms with van der Waals surface area (Å²) < 4.78 is 5.02. The minimum absolute atomic E-state index is 0.0442. The zero-order valence-corrected chi connectivity index (χ0v) is 9.10. The van der Waals surface area contributed by atoms with E-state index in [0.29, 0.717) is 19.0 Å². The summed E-state index contributed by atoms with van der Waals surface area (Å²) in [7, 11) is 1.63. The Morgan fingerprint density at radius 2 is 2.13 bits per heavy atom. The van der Waals surface area contributed by atoms with E-state index >= 15 is 0 Å². The van der Waals surface area contributed by atoms with Gasteiger partial charge < -0.3 is 15.2 Å². The molecule has 1 heterocycles. The van der Waals surface area contributed by atoms with Gasteiger partial charge in [0, 0.05) is 26.1 Å². The largest absolute Gasteiger partial charge is 0.396 e. The molecule has 0 spiro atoms. The maximum atomic E-state index is 8.85. The molecule has 5 nitrogen and oxygen atoms in total. The Kier molecular flexibility index (Phi) is 5.00. The van der Waals surface area contributed by atoms with E-state index in [1.807, 2.05) is 6.92 Å². The molecule has 1 aromatic heterocycles. The molecule has 0 saturated carbocycles. The van der Waals surface area contributed by atoms with Gasteiger partial charge in [-0.15, -0.1) is 0 Å². The highest BCUT2D eigenvalue weighted by atomic mass is 16.5. The summed E-state index contributed by atoms with van der Waals surface area (Å²) in [5.74, 6) is 0.566. The maximum absolute atomic E-state index is 8.85. The first kappa shape index (κ1) is 11.9. The fourth-order valence-electron chi connectivity index (χ4n) is 1.20. The number of methoxy groups -OCH3 is 1. The van der Waals surface area contributed by atoms with Crippen molar-refractivity contribution in [1.29, 1.82) is 0 Å². The van der Waals surface area contributed by atoms with Crippen molar-refractivity contribution in [3.63, 3.8) is 0 Å². The molecule has 1 rings (SSSR count). The third-order valence-electron chi connectivity index (χ3n) is 1.96. The SMILES string of the molecule is COCC(CCO)Nc1ncc(C)cn1. The van der Waals surface area contributed by atoms with Gasteiger partial charge in [0.25, 0.3) is 0 Å². The second-order valence-electron chi connectivity index (χ2n) is 3.39. The Labute approximate surface area is 89.5 Å². The van der Waals surface area contributed by atoms with Crippen LogP contribution in [0.1, 0.15) is 12.0 Å². The number of rotatable bonds is 6. The molecule has 0 aliphatic carbocycles. The van der Waals surface area contributed by atoms with E-state index in [2.05, 4.69) is 15.3 Å². The molecule has 0 fully saturated rings. The first-order chi connectivity index (χ1) is 7.26. The highest BCUT2D eigenvalue weighted by Gasteiger charge is 2.08. The van der Waals surface area contributed by atoms with Crippen molar-refractivity contribution in [3.05, 3.63) is 18.0 Å². The van der Waals surface area contributed by atoms with E-state index < -0.39 is 0 Å². The molecule has 0 aromatic carbocycles. The Hall–Kier alpha value is -1.20. The molecule has 84 valence electrons. The number of hydrogen-bond acceptors (Lipinski definition) is 5. The van der Waals surface area contributed by atoms with Gasteiger partial charge in [-0.2, -0.15) is 0 Å². The molecule has 15 heavy (non-hydrogen) atoms. The molecule has 0 amide bonds. The predicted molar refractivity (Wildman–Crippen MR) is 57.8 cm³/mol. The Bertz CT molecular complexity index is 271. The van der Waals surface area contributed by atoms with E-state index in [1.165, 1.54) is 0 Å². The van der Waals surface area contributed by atoms with Crippen molar-refractivity contribution in [3.8, 4) is 0 Å². The average Bonchev–Trinajstić information content (AvgIpc) is 2.22. The fraction of sp³-hybridized carbons (Fsp3) is 0.600. The van der Waals surface area contributed by atoms with Crippen molar-refractivity contribution in [2.45, 2.75) is 19.4 Å². The van der Waals surface area contributed by atoms with Crippen LogP contribution in [0.2, 0.25) is 0 Å². The second-order valence-corrected chi connectivity index (χ2v) is 3.39.